The second-order valence-corrected chi connectivity index (χ2v) is 7.05. The molecule has 1 saturated heterocycles. The summed E-state index contributed by atoms with van der Waals surface area (Å²) in [4.78, 5) is 28.5. The molecule has 2 aliphatic rings. The molecule has 2 aliphatic heterocycles. The Labute approximate surface area is 148 Å². The van der Waals surface area contributed by atoms with E-state index in [1.165, 1.54) is 7.11 Å². The number of benzene rings is 1. The van der Waals surface area contributed by atoms with Gasteiger partial charge in [-0.25, -0.2) is 9.59 Å². The first-order chi connectivity index (χ1) is 12.0. The molecule has 0 aliphatic carbocycles. The third kappa shape index (κ3) is 3.72. The largest absolute Gasteiger partial charge is 0.491 e. The van der Waals surface area contributed by atoms with Gasteiger partial charge in [-0.2, -0.15) is 0 Å². The Kier molecular flexibility index (Phi) is 5.16. The third-order valence-corrected chi connectivity index (χ3v) is 5.14. The van der Waals surface area contributed by atoms with Crippen LogP contribution in [0.4, 0.5) is 4.79 Å². The van der Waals surface area contributed by atoms with Crippen LogP contribution >= 0.6 is 0 Å². The number of hydrogen-bond acceptors (Lipinski definition) is 4. The Morgan fingerprint density at radius 3 is 2.60 bits per heavy atom. The lowest BCUT2D eigenvalue weighted by Gasteiger charge is -2.36. The van der Waals surface area contributed by atoms with Crippen LogP contribution in [-0.2, 0) is 11.3 Å². The molecule has 6 nitrogen and oxygen atoms in total. The van der Waals surface area contributed by atoms with Crippen molar-refractivity contribution in [3.05, 3.63) is 29.3 Å². The number of urea groups is 1. The molecule has 3 rings (SSSR count). The highest BCUT2D eigenvalue weighted by atomic mass is 16.5. The summed E-state index contributed by atoms with van der Waals surface area (Å²) in [5.41, 5.74) is 1.37. The first-order valence-corrected chi connectivity index (χ1v) is 8.89. The van der Waals surface area contributed by atoms with Gasteiger partial charge in [0.15, 0.2) is 0 Å². The van der Waals surface area contributed by atoms with Crippen molar-refractivity contribution in [3.63, 3.8) is 0 Å². The summed E-state index contributed by atoms with van der Waals surface area (Å²) in [6.07, 6.45) is 2.12. The van der Waals surface area contributed by atoms with Crippen molar-refractivity contribution in [1.82, 2.24) is 9.80 Å². The van der Waals surface area contributed by atoms with Gasteiger partial charge in [0, 0.05) is 18.7 Å². The van der Waals surface area contributed by atoms with Crippen molar-refractivity contribution in [3.8, 4) is 5.75 Å². The molecule has 1 aromatic rings. The Bertz CT molecular complexity index is 653. The Morgan fingerprint density at radius 1 is 1.20 bits per heavy atom. The van der Waals surface area contributed by atoms with Crippen molar-refractivity contribution in [2.24, 2.45) is 5.92 Å². The standard InChI is InChI=1S/C19H26N2O4/c1-13-6-8-20(9-7-13)19(23)21-11-16-5-4-15(18(22)24-3)10-17(16)25-12-14(21)2/h4-5,10,13-14H,6-9,11-12H2,1-3H3/t14-/m0/s1. The van der Waals surface area contributed by atoms with E-state index in [-0.39, 0.29) is 18.0 Å². The van der Waals surface area contributed by atoms with Crippen LogP contribution in [0.1, 0.15) is 42.6 Å². The fraction of sp³-hybridized carbons (Fsp3) is 0.579. The minimum Gasteiger partial charge on any atom is -0.491 e. The number of esters is 1. The number of carbonyl (C=O) groups is 2. The quantitative estimate of drug-likeness (QED) is 0.734. The van der Waals surface area contributed by atoms with Crippen molar-refractivity contribution < 1.29 is 19.1 Å². The fourth-order valence-electron chi connectivity index (χ4n) is 3.34. The summed E-state index contributed by atoms with van der Waals surface area (Å²) in [6.45, 7) is 6.77. The molecule has 2 heterocycles. The summed E-state index contributed by atoms with van der Waals surface area (Å²) in [7, 11) is 1.36. The summed E-state index contributed by atoms with van der Waals surface area (Å²) < 4.78 is 10.6. The number of fused-ring (bicyclic) bond motifs is 1. The molecule has 25 heavy (non-hydrogen) atoms. The summed E-state index contributed by atoms with van der Waals surface area (Å²) in [5, 5.41) is 0. The molecule has 0 N–H and O–H groups in total. The van der Waals surface area contributed by atoms with Gasteiger partial charge in [0.2, 0.25) is 0 Å². The molecule has 1 fully saturated rings. The van der Waals surface area contributed by atoms with Crippen LogP contribution in [-0.4, -0.2) is 54.6 Å². The Balaban J connectivity index is 1.78. The lowest BCUT2D eigenvalue weighted by Crippen LogP contribution is -2.50. The second-order valence-electron chi connectivity index (χ2n) is 7.05. The number of nitrogens with zero attached hydrogens (tertiary/aromatic N) is 2. The number of carbonyl (C=O) groups excluding carboxylic acids is 2. The number of hydrogen-bond donors (Lipinski definition) is 0. The lowest BCUT2D eigenvalue weighted by atomic mass is 9.99. The van der Waals surface area contributed by atoms with Gasteiger partial charge in [0.05, 0.1) is 25.3 Å². The summed E-state index contributed by atoms with van der Waals surface area (Å²) in [6, 6.07) is 5.31. The highest BCUT2D eigenvalue weighted by Gasteiger charge is 2.31. The molecule has 1 aromatic carbocycles. The molecular weight excluding hydrogens is 320 g/mol. The van der Waals surface area contributed by atoms with Gasteiger partial charge < -0.3 is 19.3 Å². The third-order valence-electron chi connectivity index (χ3n) is 5.14. The normalized spacial score (nSPS) is 21.2. The maximum atomic E-state index is 13.0. The maximum Gasteiger partial charge on any atom is 0.337 e. The minimum atomic E-state index is -0.390. The summed E-state index contributed by atoms with van der Waals surface area (Å²) in [5.74, 6) is 0.947. The van der Waals surface area contributed by atoms with E-state index in [2.05, 4.69) is 6.92 Å². The van der Waals surface area contributed by atoms with Gasteiger partial charge >= 0.3 is 12.0 Å². The highest BCUT2D eigenvalue weighted by Crippen LogP contribution is 2.28. The van der Waals surface area contributed by atoms with E-state index in [4.69, 9.17) is 9.47 Å². The van der Waals surface area contributed by atoms with Crippen molar-refractivity contribution >= 4 is 12.0 Å². The first-order valence-electron chi connectivity index (χ1n) is 8.89. The van der Waals surface area contributed by atoms with Gasteiger partial charge in [-0.1, -0.05) is 13.0 Å². The van der Waals surface area contributed by atoms with E-state index >= 15 is 0 Å². The van der Waals surface area contributed by atoms with Crippen LogP contribution in [0.5, 0.6) is 5.75 Å². The Morgan fingerprint density at radius 2 is 1.92 bits per heavy atom. The molecule has 1 atom stereocenters. The predicted molar refractivity (Wildman–Crippen MR) is 93.6 cm³/mol. The van der Waals surface area contributed by atoms with Crippen molar-refractivity contribution in [1.29, 1.82) is 0 Å². The topological polar surface area (TPSA) is 59.1 Å². The number of amides is 2. The molecule has 0 spiro atoms. The Hall–Kier alpha value is -2.24. The SMILES string of the molecule is COC(=O)c1ccc2c(c1)OC[C@H](C)N(C(=O)N1CCC(C)CC1)C2. The fourth-order valence-corrected chi connectivity index (χ4v) is 3.34. The van der Waals surface area contributed by atoms with Gasteiger partial charge in [0.1, 0.15) is 12.4 Å². The zero-order valence-electron chi connectivity index (χ0n) is 15.2. The van der Waals surface area contributed by atoms with Gasteiger partial charge in [0.25, 0.3) is 0 Å². The molecule has 0 bridgehead atoms. The molecule has 2 amide bonds. The maximum absolute atomic E-state index is 13.0. The first kappa shape index (κ1) is 17.6. The minimum absolute atomic E-state index is 0.0270. The molecule has 136 valence electrons. The highest BCUT2D eigenvalue weighted by molar-refractivity contribution is 5.90. The van der Waals surface area contributed by atoms with Crippen LogP contribution in [0.15, 0.2) is 18.2 Å². The van der Waals surface area contributed by atoms with Gasteiger partial charge in [-0.3, -0.25) is 0 Å². The van der Waals surface area contributed by atoms with E-state index in [0.717, 1.165) is 31.5 Å². The van der Waals surface area contributed by atoms with E-state index < -0.39 is 0 Å². The number of piperidine rings is 1. The predicted octanol–water partition coefficient (Wildman–Crippen LogP) is 2.91. The zero-order valence-corrected chi connectivity index (χ0v) is 15.2. The number of rotatable bonds is 1. The van der Waals surface area contributed by atoms with Crippen molar-refractivity contribution in [2.75, 3.05) is 26.8 Å². The number of ether oxygens (including phenoxy) is 2. The van der Waals surface area contributed by atoms with Crippen LogP contribution in [0.25, 0.3) is 0 Å². The second kappa shape index (κ2) is 7.33. The van der Waals surface area contributed by atoms with Crippen LogP contribution in [0, 0.1) is 5.92 Å². The number of likely N-dealkylation sites (tertiary alicyclic amines) is 1. The molecule has 6 heteroatoms. The van der Waals surface area contributed by atoms with E-state index in [0.29, 0.717) is 30.4 Å². The average Bonchev–Trinajstić information content (AvgIpc) is 2.79. The molecule has 0 saturated carbocycles. The van der Waals surface area contributed by atoms with Crippen molar-refractivity contribution in [2.45, 2.75) is 39.3 Å². The monoisotopic (exact) mass is 346 g/mol. The average molecular weight is 346 g/mol. The van der Waals surface area contributed by atoms with Crippen LogP contribution in [0.2, 0.25) is 0 Å². The smallest absolute Gasteiger partial charge is 0.337 e. The number of methoxy groups -OCH3 is 1. The van der Waals surface area contributed by atoms with Crippen LogP contribution in [0.3, 0.4) is 0 Å². The van der Waals surface area contributed by atoms with Gasteiger partial charge in [-0.05, 0) is 37.8 Å². The lowest BCUT2D eigenvalue weighted by molar-refractivity contribution is 0.0600. The molecule has 0 unspecified atom stereocenters. The van der Waals surface area contributed by atoms with E-state index in [1.54, 1.807) is 12.1 Å². The van der Waals surface area contributed by atoms with E-state index in [9.17, 15) is 9.59 Å². The molecule has 0 radical (unpaired) electrons. The van der Waals surface area contributed by atoms with Gasteiger partial charge in [-0.15, -0.1) is 0 Å². The molecular formula is C19H26N2O4. The van der Waals surface area contributed by atoms with E-state index in [1.807, 2.05) is 22.8 Å². The van der Waals surface area contributed by atoms with Crippen LogP contribution < -0.4 is 4.74 Å². The summed E-state index contributed by atoms with van der Waals surface area (Å²) >= 11 is 0. The zero-order chi connectivity index (χ0) is 18.0. The molecule has 0 aromatic heterocycles.